The molecule has 0 aliphatic carbocycles. The van der Waals surface area contributed by atoms with Crippen LogP contribution in [0, 0.1) is 5.82 Å². The summed E-state index contributed by atoms with van der Waals surface area (Å²) in [5, 5.41) is 8.22. The normalized spacial score (nSPS) is 15.3. The predicted octanol–water partition coefficient (Wildman–Crippen LogP) is 5.22. The lowest BCUT2D eigenvalue weighted by Gasteiger charge is -2.33. The van der Waals surface area contributed by atoms with E-state index in [-0.39, 0.29) is 11.7 Å². The number of nitrogens with zero attached hydrogens (tertiary/aromatic N) is 5. The second-order valence-electron chi connectivity index (χ2n) is 9.56. The predicted molar refractivity (Wildman–Crippen MR) is 152 cm³/mol. The maximum Gasteiger partial charge on any atom is 0.273 e. The maximum atomic E-state index is 13.2. The zero-order valence-electron chi connectivity index (χ0n) is 22.1. The van der Waals surface area contributed by atoms with E-state index in [1.54, 1.807) is 30.4 Å². The molecule has 5 rings (SSSR count). The Morgan fingerprint density at radius 1 is 1.05 bits per heavy atom. The molecule has 9 heteroatoms. The summed E-state index contributed by atoms with van der Waals surface area (Å²) in [5.41, 5.74) is 7.66. The maximum absolute atomic E-state index is 13.2. The lowest BCUT2D eigenvalue weighted by Crippen LogP contribution is -2.45. The number of carbonyl (C=O) groups excluding carboxylic acids is 1. The Morgan fingerprint density at radius 2 is 1.79 bits per heavy atom. The van der Waals surface area contributed by atoms with Gasteiger partial charge in [-0.05, 0) is 56.3 Å². The molecule has 0 radical (unpaired) electrons. The van der Waals surface area contributed by atoms with E-state index in [0.717, 1.165) is 78.5 Å². The first-order chi connectivity index (χ1) is 18.4. The molecule has 1 N–H and O–H groups in total. The molecule has 0 spiro atoms. The van der Waals surface area contributed by atoms with E-state index in [2.05, 4.69) is 62.3 Å². The van der Waals surface area contributed by atoms with E-state index in [4.69, 9.17) is 4.98 Å². The van der Waals surface area contributed by atoms with Crippen LogP contribution in [-0.4, -0.2) is 63.7 Å². The average molecular weight is 533 g/mol. The molecule has 7 nitrogen and oxygen atoms in total. The molecule has 0 atom stereocenters. The van der Waals surface area contributed by atoms with Gasteiger partial charge in [-0.1, -0.05) is 19.1 Å². The highest BCUT2D eigenvalue weighted by molar-refractivity contribution is 7.13. The second-order valence-corrected chi connectivity index (χ2v) is 10.4. The minimum Gasteiger partial charge on any atom is -0.347 e. The fourth-order valence-electron chi connectivity index (χ4n) is 4.83. The quantitative estimate of drug-likeness (QED) is 0.250. The smallest absolute Gasteiger partial charge is 0.273 e. The number of thiazole rings is 1. The van der Waals surface area contributed by atoms with Crippen molar-refractivity contribution in [3.63, 3.8) is 0 Å². The molecule has 1 fully saturated rings. The number of aromatic nitrogens is 2. The van der Waals surface area contributed by atoms with Gasteiger partial charge in [0.2, 0.25) is 0 Å². The van der Waals surface area contributed by atoms with Crippen LogP contribution in [0.1, 0.15) is 42.4 Å². The van der Waals surface area contributed by atoms with Crippen molar-refractivity contribution in [2.45, 2.75) is 33.9 Å². The molecule has 0 bridgehead atoms. The van der Waals surface area contributed by atoms with Crippen LogP contribution in [0.2, 0.25) is 0 Å². The second kappa shape index (κ2) is 11.6. The number of aryl methyl sites for hydroxylation is 1. The molecule has 1 amide bonds. The standard InChI is InChI=1S/C29H33FN6OS/c1-4-34-12-14-35(15-13-34)17-24-19-38-29(31-24)22-8-11-27-25(16-22)26(18-36(27)5-2)28(37)33-32-20(3)21-6-9-23(30)10-7-21/h6-11,16,18-19H,4-5,12-15,17H2,1-3H3,(H,33,37)/b32-20+. The largest absolute Gasteiger partial charge is 0.347 e. The van der Waals surface area contributed by atoms with E-state index in [1.165, 1.54) is 12.1 Å². The van der Waals surface area contributed by atoms with Gasteiger partial charge in [0.1, 0.15) is 10.8 Å². The number of piperazine rings is 1. The van der Waals surface area contributed by atoms with Gasteiger partial charge in [0.15, 0.2) is 0 Å². The Balaban J connectivity index is 1.35. The van der Waals surface area contributed by atoms with Gasteiger partial charge >= 0.3 is 0 Å². The number of carbonyl (C=O) groups is 1. The van der Waals surface area contributed by atoms with Crippen molar-refractivity contribution in [2.75, 3.05) is 32.7 Å². The summed E-state index contributed by atoms with van der Waals surface area (Å²) in [6, 6.07) is 12.2. The van der Waals surface area contributed by atoms with Crippen molar-refractivity contribution in [3.05, 3.63) is 76.7 Å². The molecule has 3 heterocycles. The Morgan fingerprint density at radius 3 is 2.50 bits per heavy atom. The average Bonchev–Trinajstić information content (AvgIpc) is 3.56. The molecule has 1 aliphatic rings. The fourth-order valence-corrected chi connectivity index (χ4v) is 5.64. The van der Waals surface area contributed by atoms with E-state index < -0.39 is 0 Å². The number of halogens is 1. The Kier molecular flexibility index (Phi) is 7.97. The number of fused-ring (bicyclic) bond motifs is 1. The SMILES string of the molecule is CCN1CCN(Cc2csc(-c3ccc4c(c3)c(C(=O)N/N=C(\C)c3ccc(F)cc3)cn4CC)n2)CC1. The number of amides is 1. The number of hydrazone groups is 1. The molecule has 2 aromatic heterocycles. The summed E-state index contributed by atoms with van der Waals surface area (Å²) < 4.78 is 15.3. The first-order valence-electron chi connectivity index (χ1n) is 13.1. The van der Waals surface area contributed by atoms with Crippen molar-refractivity contribution in [2.24, 2.45) is 5.10 Å². The zero-order valence-corrected chi connectivity index (χ0v) is 22.9. The van der Waals surface area contributed by atoms with Crippen LogP contribution in [0.15, 0.2) is 59.1 Å². The van der Waals surface area contributed by atoms with E-state index in [9.17, 15) is 9.18 Å². The number of rotatable bonds is 8. The highest BCUT2D eigenvalue weighted by atomic mass is 32.1. The van der Waals surface area contributed by atoms with E-state index in [1.807, 2.05) is 6.20 Å². The topological polar surface area (TPSA) is 65.8 Å². The summed E-state index contributed by atoms with van der Waals surface area (Å²) in [6.07, 6.45) is 1.87. The van der Waals surface area contributed by atoms with Gasteiger partial charge < -0.3 is 9.47 Å². The third-order valence-electron chi connectivity index (χ3n) is 7.15. The Bertz CT molecular complexity index is 1450. The lowest BCUT2D eigenvalue weighted by molar-refractivity contribution is 0.0956. The molecule has 38 heavy (non-hydrogen) atoms. The van der Waals surface area contributed by atoms with Gasteiger partial charge in [0, 0.05) is 67.3 Å². The molecule has 0 saturated carbocycles. The van der Waals surface area contributed by atoms with Gasteiger partial charge in [-0.2, -0.15) is 5.10 Å². The van der Waals surface area contributed by atoms with Gasteiger partial charge in [-0.25, -0.2) is 14.8 Å². The van der Waals surface area contributed by atoms with Gasteiger partial charge in [0.05, 0.1) is 17.0 Å². The fraction of sp³-hybridized carbons (Fsp3) is 0.345. The first-order valence-corrected chi connectivity index (χ1v) is 14.0. The number of likely N-dealkylation sites (N-methyl/N-ethyl adjacent to an activating group) is 1. The van der Waals surface area contributed by atoms with Gasteiger partial charge in [-0.3, -0.25) is 9.69 Å². The highest BCUT2D eigenvalue weighted by Crippen LogP contribution is 2.30. The summed E-state index contributed by atoms with van der Waals surface area (Å²) in [6.45, 7) is 13.1. The minimum atomic E-state index is -0.309. The molecule has 198 valence electrons. The lowest BCUT2D eigenvalue weighted by atomic mass is 10.1. The number of hydrogen-bond acceptors (Lipinski definition) is 6. The first kappa shape index (κ1) is 26.2. The third-order valence-corrected chi connectivity index (χ3v) is 8.09. The van der Waals surface area contributed by atoms with Gasteiger partial charge in [-0.15, -0.1) is 11.3 Å². The highest BCUT2D eigenvalue weighted by Gasteiger charge is 2.19. The number of hydrogen-bond donors (Lipinski definition) is 1. The van der Waals surface area contributed by atoms with E-state index >= 15 is 0 Å². The van der Waals surface area contributed by atoms with Crippen LogP contribution in [0.4, 0.5) is 4.39 Å². The van der Waals surface area contributed by atoms with Crippen molar-refractivity contribution in [1.82, 2.24) is 24.8 Å². The molecule has 4 aromatic rings. The zero-order chi connectivity index (χ0) is 26.6. The van der Waals surface area contributed by atoms with E-state index in [0.29, 0.717) is 11.3 Å². The minimum absolute atomic E-state index is 0.285. The van der Waals surface area contributed by atoms with Crippen LogP contribution in [0.3, 0.4) is 0 Å². The summed E-state index contributed by atoms with van der Waals surface area (Å²) in [5.74, 6) is -0.595. The van der Waals surface area contributed by atoms with Crippen LogP contribution >= 0.6 is 11.3 Å². The third kappa shape index (κ3) is 5.70. The van der Waals surface area contributed by atoms with Crippen molar-refractivity contribution >= 4 is 33.9 Å². The molecular formula is C29H33FN6OS. The van der Waals surface area contributed by atoms with Crippen LogP contribution in [0.5, 0.6) is 0 Å². The Labute approximate surface area is 226 Å². The summed E-state index contributed by atoms with van der Waals surface area (Å²) in [7, 11) is 0. The Hall–Kier alpha value is -3.40. The molecule has 2 aromatic carbocycles. The van der Waals surface area contributed by atoms with Crippen LogP contribution in [-0.2, 0) is 13.1 Å². The summed E-state index contributed by atoms with van der Waals surface area (Å²) in [4.78, 5) is 23.1. The number of nitrogens with one attached hydrogen (secondary N) is 1. The monoisotopic (exact) mass is 532 g/mol. The molecule has 0 unspecified atom stereocenters. The summed E-state index contributed by atoms with van der Waals surface area (Å²) >= 11 is 1.64. The molecular weight excluding hydrogens is 499 g/mol. The van der Waals surface area contributed by atoms with Crippen LogP contribution in [0.25, 0.3) is 21.5 Å². The number of benzene rings is 2. The van der Waals surface area contributed by atoms with Crippen molar-refractivity contribution in [1.29, 1.82) is 0 Å². The van der Waals surface area contributed by atoms with Gasteiger partial charge in [0.25, 0.3) is 5.91 Å². The van der Waals surface area contributed by atoms with Crippen molar-refractivity contribution in [3.8, 4) is 10.6 Å². The molecule has 1 aliphatic heterocycles. The van der Waals surface area contributed by atoms with Crippen molar-refractivity contribution < 1.29 is 9.18 Å². The molecule has 1 saturated heterocycles. The van der Waals surface area contributed by atoms with Crippen LogP contribution < -0.4 is 5.43 Å².